The summed E-state index contributed by atoms with van der Waals surface area (Å²) in [7, 11) is 1.74. The molecule has 1 atom stereocenters. The van der Waals surface area contributed by atoms with E-state index in [0.717, 1.165) is 26.2 Å². The van der Waals surface area contributed by atoms with E-state index in [1.54, 1.807) is 7.11 Å². The molecular weight excluding hydrogens is 224 g/mol. The molecule has 0 heterocycles. The second-order valence-electron chi connectivity index (χ2n) is 5.16. The van der Waals surface area contributed by atoms with Crippen LogP contribution >= 0.6 is 0 Å². The highest BCUT2D eigenvalue weighted by molar-refractivity contribution is 5.18. The molecule has 1 aromatic rings. The van der Waals surface area contributed by atoms with Crippen molar-refractivity contribution in [1.29, 1.82) is 0 Å². The average molecular weight is 250 g/mol. The molecule has 0 aliphatic carbocycles. The van der Waals surface area contributed by atoms with Crippen LogP contribution < -0.4 is 5.73 Å². The first-order valence-corrected chi connectivity index (χ1v) is 6.65. The van der Waals surface area contributed by atoms with Crippen molar-refractivity contribution in [3.05, 3.63) is 35.9 Å². The van der Waals surface area contributed by atoms with Crippen molar-refractivity contribution >= 4 is 0 Å². The molecule has 0 saturated heterocycles. The topological polar surface area (TPSA) is 38.5 Å². The minimum absolute atomic E-state index is 0.0711. The molecule has 0 aromatic heterocycles. The smallest absolute Gasteiger partial charge is 0.0589 e. The van der Waals surface area contributed by atoms with Crippen molar-refractivity contribution in [1.82, 2.24) is 4.90 Å². The Bertz CT molecular complexity index is 314. The van der Waals surface area contributed by atoms with E-state index in [9.17, 15) is 0 Å². The summed E-state index contributed by atoms with van der Waals surface area (Å²) >= 11 is 0. The lowest BCUT2D eigenvalue weighted by Gasteiger charge is -2.27. The van der Waals surface area contributed by atoms with E-state index >= 15 is 0 Å². The van der Waals surface area contributed by atoms with Crippen LogP contribution in [0.1, 0.15) is 25.5 Å². The third-order valence-corrected chi connectivity index (χ3v) is 2.92. The fourth-order valence-electron chi connectivity index (χ4n) is 2.08. The first-order chi connectivity index (χ1) is 8.63. The van der Waals surface area contributed by atoms with E-state index in [0.29, 0.717) is 5.92 Å². The fourth-order valence-corrected chi connectivity index (χ4v) is 2.08. The Morgan fingerprint density at radius 1 is 1.17 bits per heavy atom. The summed E-state index contributed by atoms with van der Waals surface area (Å²) in [4.78, 5) is 2.38. The zero-order chi connectivity index (χ0) is 13.4. The minimum Gasteiger partial charge on any atom is -0.383 e. The molecule has 0 fully saturated rings. The molecule has 2 N–H and O–H groups in total. The molecule has 1 aromatic carbocycles. The lowest BCUT2D eigenvalue weighted by Crippen LogP contribution is -2.37. The average Bonchev–Trinajstić information content (AvgIpc) is 2.36. The van der Waals surface area contributed by atoms with Gasteiger partial charge in [0.2, 0.25) is 0 Å². The number of methoxy groups -OCH3 is 1. The molecule has 3 heteroatoms. The highest BCUT2D eigenvalue weighted by Crippen LogP contribution is 2.12. The summed E-state index contributed by atoms with van der Waals surface area (Å²) in [6, 6.07) is 10.4. The highest BCUT2D eigenvalue weighted by atomic mass is 16.5. The van der Waals surface area contributed by atoms with Crippen LogP contribution in [0, 0.1) is 5.92 Å². The van der Waals surface area contributed by atoms with Gasteiger partial charge in [0.15, 0.2) is 0 Å². The molecule has 102 valence electrons. The summed E-state index contributed by atoms with van der Waals surface area (Å²) in [6.07, 6.45) is 0. The van der Waals surface area contributed by atoms with Crippen LogP contribution in [0.5, 0.6) is 0 Å². The van der Waals surface area contributed by atoms with Crippen molar-refractivity contribution in [2.24, 2.45) is 11.7 Å². The summed E-state index contributed by atoms with van der Waals surface area (Å²) < 4.78 is 5.16. The van der Waals surface area contributed by atoms with E-state index in [1.165, 1.54) is 5.56 Å². The maximum absolute atomic E-state index is 6.26. The Hall–Kier alpha value is -0.900. The van der Waals surface area contributed by atoms with E-state index in [4.69, 9.17) is 10.5 Å². The quantitative estimate of drug-likeness (QED) is 0.769. The van der Waals surface area contributed by atoms with Crippen molar-refractivity contribution in [2.45, 2.75) is 19.9 Å². The van der Waals surface area contributed by atoms with Gasteiger partial charge in [0.25, 0.3) is 0 Å². The minimum atomic E-state index is 0.0711. The van der Waals surface area contributed by atoms with Gasteiger partial charge in [-0.25, -0.2) is 0 Å². The van der Waals surface area contributed by atoms with E-state index < -0.39 is 0 Å². The number of nitrogens with two attached hydrogens (primary N) is 1. The summed E-state index contributed by atoms with van der Waals surface area (Å²) in [5.74, 6) is 0.643. The molecule has 0 aliphatic heterocycles. The zero-order valence-electron chi connectivity index (χ0n) is 11.8. The SMILES string of the molecule is COCCN(CC(C)C)CC(N)c1ccccc1. The normalized spacial score (nSPS) is 13.2. The molecule has 0 amide bonds. The van der Waals surface area contributed by atoms with Gasteiger partial charge in [-0.3, -0.25) is 4.90 Å². The van der Waals surface area contributed by atoms with Gasteiger partial charge in [-0.2, -0.15) is 0 Å². The number of ether oxygens (including phenoxy) is 1. The highest BCUT2D eigenvalue weighted by Gasteiger charge is 2.13. The number of hydrogen-bond donors (Lipinski definition) is 1. The molecule has 0 spiro atoms. The summed E-state index contributed by atoms with van der Waals surface area (Å²) in [5.41, 5.74) is 7.46. The van der Waals surface area contributed by atoms with Gasteiger partial charge in [0.05, 0.1) is 6.61 Å². The second kappa shape index (κ2) is 8.25. The molecule has 1 rings (SSSR count). The van der Waals surface area contributed by atoms with Gasteiger partial charge in [-0.05, 0) is 11.5 Å². The maximum Gasteiger partial charge on any atom is 0.0589 e. The predicted molar refractivity (Wildman–Crippen MR) is 76.5 cm³/mol. The molecule has 0 bridgehead atoms. The van der Waals surface area contributed by atoms with Gasteiger partial charge in [-0.1, -0.05) is 44.2 Å². The predicted octanol–water partition coefficient (Wildman–Crippen LogP) is 2.29. The lowest BCUT2D eigenvalue weighted by molar-refractivity contribution is 0.136. The van der Waals surface area contributed by atoms with Crippen molar-refractivity contribution < 1.29 is 4.74 Å². The van der Waals surface area contributed by atoms with Gasteiger partial charge >= 0.3 is 0 Å². The van der Waals surface area contributed by atoms with E-state index in [1.807, 2.05) is 18.2 Å². The van der Waals surface area contributed by atoms with Gasteiger partial charge in [-0.15, -0.1) is 0 Å². The van der Waals surface area contributed by atoms with Crippen LogP contribution in [0.3, 0.4) is 0 Å². The number of nitrogens with zero attached hydrogens (tertiary/aromatic N) is 1. The molecule has 0 saturated carbocycles. The monoisotopic (exact) mass is 250 g/mol. The van der Waals surface area contributed by atoms with Crippen LogP contribution in [-0.2, 0) is 4.74 Å². The molecule has 3 nitrogen and oxygen atoms in total. The van der Waals surface area contributed by atoms with Crippen LogP contribution in [0.2, 0.25) is 0 Å². The first-order valence-electron chi connectivity index (χ1n) is 6.65. The van der Waals surface area contributed by atoms with Crippen LogP contribution in [0.15, 0.2) is 30.3 Å². The Kier molecular flexibility index (Phi) is 6.94. The Morgan fingerprint density at radius 2 is 1.83 bits per heavy atom. The Balaban J connectivity index is 2.53. The van der Waals surface area contributed by atoms with Gasteiger partial charge < -0.3 is 10.5 Å². The fraction of sp³-hybridized carbons (Fsp3) is 0.600. The molecule has 0 aliphatic rings. The van der Waals surface area contributed by atoms with Crippen LogP contribution in [-0.4, -0.2) is 38.3 Å². The largest absolute Gasteiger partial charge is 0.383 e. The first kappa shape index (κ1) is 15.2. The number of rotatable bonds is 8. The molecule has 0 radical (unpaired) electrons. The molecule has 1 unspecified atom stereocenters. The second-order valence-corrected chi connectivity index (χ2v) is 5.16. The van der Waals surface area contributed by atoms with Crippen molar-refractivity contribution in [3.63, 3.8) is 0 Å². The number of hydrogen-bond acceptors (Lipinski definition) is 3. The third kappa shape index (κ3) is 5.63. The number of benzene rings is 1. The third-order valence-electron chi connectivity index (χ3n) is 2.92. The maximum atomic E-state index is 6.26. The van der Waals surface area contributed by atoms with Gasteiger partial charge in [0.1, 0.15) is 0 Å². The van der Waals surface area contributed by atoms with E-state index in [2.05, 4.69) is 30.9 Å². The molecule has 18 heavy (non-hydrogen) atoms. The van der Waals surface area contributed by atoms with Crippen molar-refractivity contribution in [2.75, 3.05) is 33.4 Å². The summed E-state index contributed by atoms with van der Waals surface area (Å²) in [5, 5.41) is 0. The van der Waals surface area contributed by atoms with E-state index in [-0.39, 0.29) is 6.04 Å². The molecular formula is C15H26N2O. The lowest BCUT2D eigenvalue weighted by atomic mass is 10.1. The standard InChI is InChI=1S/C15H26N2O/c1-13(2)11-17(9-10-18-3)12-15(16)14-7-5-4-6-8-14/h4-8,13,15H,9-12,16H2,1-3H3. The Morgan fingerprint density at radius 3 is 2.39 bits per heavy atom. The van der Waals surface area contributed by atoms with Crippen LogP contribution in [0.25, 0.3) is 0 Å². The summed E-state index contributed by atoms with van der Waals surface area (Å²) in [6.45, 7) is 8.10. The zero-order valence-corrected chi connectivity index (χ0v) is 11.8. The Labute approximate surface area is 111 Å². The van der Waals surface area contributed by atoms with Crippen molar-refractivity contribution in [3.8, 4) is 0 Å². The van der Waals surface area contributed by atoms with Crippen LogP contribution in [0.4, 0.5) is 0 Å². The van der Waals surface area contributed by atoms with Gasteiger partial charge in [0, 0.05) is 32.8 Å².